The molecule has 1 aliphatic carbocycles. The number of hydrogen-bond donors (Lipinski definition) is 1. The number of aromatic nitrogens is 2. The first kappa shape index (κ1) is 19.2. The number of likely N-dealkylation sites (tertiary alicyclic amines) is 1. The number of carbonyl (C=O) groups is 1. The van der Waals surface area contributed by atoms with E-state index in [1.54, 1.807) is 0 Å². The maximum atomic E-state index is 12.0. The molecule has 2 aliphatic rings. The lowest BCUT2D eigenvalue weighted by Crippen LogP contribution is -2.35. The van der Waals surface area contributed by atoms with Gasteiger partial charge in [0.25, 0.3) is 0 Å². The Kier molecular flexibility index (Phi) is 4.61. The smallest absolute Gasteiger partial charge is 0.311 e. The minimum atomic E-state index is -0.608. The maximum absolute atomic E-state index is 12.0. The van der Waals surface area contributed by atoms with Gasteiger partial charge in [0.1, 0.15) is 0 Å². The van der Waals surface area contributed by atoms with E-state index in [9.17, 15) is 9.90 Å². The Hall–Kier alpha value is -2.14. The number of nitrogens with zero attached hydrogens (tertiary/aromatic N) is 3. The number of hydrogen-bond acceptors (Lipinski definition) is 3. The van der Waals surface area contributed by atoms with Crippen LogP contribution < -0.4 is 0 Å². The second-order valence-electron chi connectivity index (χ2n) is 9.75. The van der Waals surface area contributed by atoms with Crippen LogP contribution in [0.25, 0.3) is 5.69 Å². The Morgan fingerprint density at radius 2 is 2.00 bits per heavy atom. The Morgan fingerprint density at radius 3 is 2.61 bits per heavy atom. The van der Waals surface area contributed by atoms with Gasteiger partial charge in [-0.2, -0.15) is 5.10 Å². The van der Waals surface area contributed by atoms with Crippen molar-refractivity contribution in [3.8, 4) is 5.69 Å². The molecule has 1 saturated heterocycles. The van der Waals surface area contributed by atoms with Crippen molar-refractivity contribution in [1.29, 1.82) is 0 Å². The van der Waals surface area contributed by atoms with E-state index in [1.807, 2.05) is 4.68 Å². The highest BCUT2D eigenvalue weighted by molar-refractivity contribution is 5.76. The Morgan fingerprint density at radius 1 is 1.29 bits per heavy atom. The SMILES string of the molecule is Cc1ccc(-n2cc(CN3C[C@@H]4CCC[C@@]4(C(=O)O)C3)c(C(C)(C)C)n2)cc1. The van der Waals surface area contributed by atoms with E-state index in [0.29, 0.717) is 6.54 Å². The topological polar surface area (TPSA) is 58.4 Å². The van der Waals surface area contributed by atoms with E-state index in [4.69, 9.17) is 5.10 Å². The lowest BCUT2D eigenvalue weighted by atomic mass is 9.81. The van der Waals surface area contributed by atoms with Crippen LogP contribution in [-0.4, -0.2) is 38.8 Å². The molecule has 2 aromatic rings. The summed E-state index contributed by atoms with van der Waals surface area (Å²) in [5.41, 5.74) is 3.99. The van der Waals surface area contributed by atoms with Crippen molar-refractivity contribution in [3.63, 3.8) is 0 Å². The van der Waals surface area contributed by atoms with Crippen molar-refractivity contribution in [2.24, 2.45) is 11.3 Å². The molecule has 4 rings (SSSR count). The molecule has 1 N–H and O–H groups in total. The van der Waals surface area contributed by atoms with Gasteiger partial charge in [-0.25, -0.2) is 4.68 Å². The minimum absolute atomic E-state index is 0.0641. The van der Waals surface area contributed by atoms with Crippen LogP contribution in [0, 0.1) is 18.3 Å². The van der Waals surface area contributed by atoms with Crippen molar-refractivity contribution in [2.45, 2.75) is 58.9 Å². The van der Waals surface area contributed by atoms with Gasteiger partial charge in [-0.3, -0.25) is 9.69 Å². The number of carboxylic acids is 1. The summed E-state index contributed by atoms with van der Waals surface area (Å²) in [6, 6.07) is 8.40. The fourth-order valence-electron chi connectivity index (χ4n) is 5.09. The van der Waals surface area contributed by atoms with Gasteiger partial charge in [-0.15, -0.1) is 0 Å². The molecule has 2 heterocycles. The minimum Gasteiger partial charge on any atom is -0.481 e. The summed E-state index contributed by atoms with van der Waals surface area (Å²) in [6.45, 7) is 11.0. The molecule has 1 aromatic heterocycles. The molecule has 2 fully saturated rings. The van der Waals surface area contributed by atoms with Crippen molar-refractivity contribution in [2.75, 3.05) is 13.1 Å². The first-order valence-corrected chi connectivity index (χ1v) is 10.3. The number of benzene rings is 1. The molecule has 2 atom stereocenters. The molecular formula is C23H31N3O2. The van der Waals surface area contributed by atoms with Gasteiger partial charge in [0.15, 0.2) is 0 Å². The summed E-state index contributed by atoms with van der Waals surface area (Å²) < 4.78 is 1.97. The summed E-state index contributed by atoms with van der Waals surface area (Å²) in [5, 5.41) is 14.8. The van der Waals surface area contributed by atoms with Crippen LogP contribution in [-0.2, 0) is 16.8 Å². The van der Waals surface area contributed by atoms with Gasteiger partial charge in [0.2, 0.25) is 0 Å². The first-order chi connectivity index (χ1) is 13.2. The maximum Gasteiger partial charge on any atom is 0.311 e. The normalized spacial score (nSPS) is 25.2. The Labute approximate surface area is 167 Å². The van der Waals surface area contributed by atoms with Gasteiger partial charge in [-0.05, 0) is 37.8 Å². The summed E-state index contributed by atoms with van der Waals surface area (Å²) in [6.07, 6.45) is 5.03. The molecule has 0 amide bonds. The van der Waals surface area contributed by atoms with Crippen molar-refractivity contribution >= 4 is 5.97 Å². The molecule has 1 aromatic carbocycles. The zero-order chi connectivity index (χ0) is 20.1. The summed E-state index contributed by atoms with van der Waals surface area (Å²) >= 11 is 0. The summed E-state index contributed by atoms with van der Waals surface area (Å²) in [7, 11) is 0. The molecule has 0 spiro atoms. The van der Waals surface area contributed by atoms with Crippen LogP contribution in [0.2, 0.25) is 0 Å². The predicted molar refractivity (Wildman–Crippen MR) is 110 cm³/mol. The number of rotatable bonds is 4. The molecule has 1 aliphatic heterocycles. The number of aryl methyl sites for hydroxylation is 1. The van der Waals surface area contributed by atoms with Crippen LogP contribution in [0.1, 0.15) is 56.9 Å². The third-order valence-electron chi connectivity index (χ3n) is 6.56. The largest absolute Gasteiger partial charge is 0.481 e. The van der Waals surface area contributed by atoms with Crippen LogP contribution in [0.3, 0.4) is 0 Å². The molecule has 1 saturated carbocycles. The van der Waals surface area contributed by atoms with E-state index >= 15 is 0 Å². The van der Waals surface area contributed by atoms with Gasteiger partial charge in [0, 0.05) is 36.8 Å². The highest BCUT2D eigenvalue weighted by Gasteiger charge is 2.54. The van der Waals surface area contributed by atoms with Crippen molar-refractivity contribution < 1.29 is 9.90 Å². The molecule has 0 unspecified atom stereocenters. The van der Waals surface area contributed by atoms with Crippen LogP contribution >= 0.6 is 0 Å². The zero-order valence-corrected chi connectivity index (χ0v) is 17.4. The van der Waals surface area contributed by atoms with E-state index < -0.39 is 11.4 Å². The monoisotopic (exact) mass is 381 g/mol. The van der Waals surface area contributed by atoms with Crippen LogP contribution in [0.5, 0.6) is 0 Å². The third-order valence-corrected chi connectivity index (χ3v) is 6.56. The fourth-order valence-corrected chi connectivity index (χ4v) is 5.09. The first-order valence-electron chi connectivity index (χ1n) is 10.3. The van der Waals surface area contributed by atoms with Gasteiger partial charge in [0.05, 0.1) is 16.8 Å². The predicted octanol–water partition coefficient (Wildman–Crippen LogP) is 4.16. The molecule has 5 nitrogen and oxygen atoms in total. The van der Waals surface area contributed by atoms with E-state index in [2.05, 4.69) is 63.1 Å². The number of aliphatic carboxylic acids is 1. The quantitative estimate of drug-likeness (QED) is 0.864. The van der Waals surface area contributed by atoms with Crippen molar-refractivity contribution in [3.05, 3.63) is 47.3 Å². The molecule has 150 valence electrons. The lowest BCUT2D eigenvalue weighted by Gasteiger charge is -2.24. The van der Waals surface area contributed by atoms with Gasteiger partial charge in [-0.1, -0.05) is 44.9 Å². The highest BCUT2D eigenvalue weighted by atomic mass is 16.4. The van der Waals surface area contributed by atoms with Crippen LogP contribution in [0.4, 0.5) is 0 Å². The molecule has 5 heteroatoms. The fraction of sp³-hybridized carbons (Fsp3) is 0.565. The molecule has 0 bridgehead atoms. The van der Waals surface area contributed by atoms with E-state index in [0.717, 1.165) is 43.7 Å². The van der Waals surface area contributed by atoms with Gasteiger partial charge >= 0.3 is 5.97 Å². The number of fused-ring (bicyclic) bond motifs is 1. The second-order valence-corrected chi connectivity index (χ2v) is 9.75. The number of carboxylic acid groups (broad SMARTS) is 1. The summed E-state index contributed by atoms with van der Waals surface area (Å²) in [4.78, 5) is 14.3. The zero-order valence-electron chi connectivity index (χ0n) is 17.4. The van der Waals surface area contributed by atoms with Crippen molar-refractivity contribution in [1.82, 2.24) is 14.7 Å². The average Bonchev–Trinajstić information content (AvgIpc) is 3.28. The third kappa shape index (κ3) is 3.26. The Bertz CT molecular complexity index is 878. The molecular weight excluding hydrogens is 350 g/mol. The van der Waals surface area contributed by atoms with E-state index in [1.165, 1.54) is 11.1 Å². The summed E-state index contributed by atoms with van der Waals surface area (Å²) in [5.74, 6) is -0.320. The highest BCUT2D eigenvalue weighted by Crippen LogP contribution is 2.49. The van der Waals surface area contributed by atoms with Crippen LogP contribution in [0.15, 0.2) is 30.5 Å². The molecule has 28 heavy (non-hydrogen) atoms. The lowest BCUT2D eigenvalue weighted by molar-refractivity contribution is -0.149. The standard InChI is InChI=1S/C23H31N3O2/c1-16-7-9-19(10-8-16)26-13-17(20(24-26)22(2,3)4)12-25-14-18-6-5-11-23(18,15-25)21(27)28/h7-10,13,18H,5-6,11-12,14-15H2,1-4H3,(H,27,28)/t18-,23+/m0/s1. The Balaban J connectivity index is 1.62. The second kappa shape index (κ2) is 6.73. The van der Waals surface area contributed by atoms with Gasteiger partial charge < -0.3 is 5.11 Å². The van der Waals surface area contributed by atoms with E-state index in [-0.39, 0.29) is 11.3 Å². The molecule has 0 radical (unpaired) electrons. The average molecular weight is 382 g/mol.